The van der Waals surface area contributed by atoms with Crippen molar-refractivity contribution in [2.75, 3.05) is 71.1 Å². The number of nitrogens with zero attached hydrogens (tertiary/aromatic N) is 4. The number of primary amides is 1. The monoisotopic (exact) mass is 1930 g/mol. The highest BCUT2D eigenvalue weighted by molar-refractivity contribution is 7.98. The van der Waals surface area contributed by atoms with Gasteiger partial charge in [0.15, 0.2) is 17.9 Å². The van der Waals surface area contributed by atoms with Crippen molar-refractivity contribution in [3.05, 3.63) is 0 Å². The average Bonchev–Trinajstić information content (AvgIpc) is 1.69. The van der Waals surface area contributed by atoms with Gasteiger partial charge in [-0.15, -0.1) is 0 Å². The molecule has 0 unspecified atom stereocenters. The van der Waals surface area contributed by atoms with Crippen molar-refractivity contribution < 1.29 is 122 Å². The van der Waals surface area contributed by atoms with Gasteiger partial charge in [0.2, 0.25) is 100 Å². The number of thioether (sulfide) groups is 1. The van der Waals surface area contributed by atoms with Crippen molar-refractivity contribution in [3.63, 3.8) is 0 Å². The number of carbonyl (C=O) groups is 19. The van der Waals surface area contributed by atoms with E-state index in [2.05, 4.69) is 94.7 Å². The molecule has 0 aliphatic carbocycles. The maximum Gasteiger partial charge on any atom is 0.326 e. The Morgan fingerprint density at radius 3 is 1.18 bits per heavy atom. The summed E-state index contributed by atoms with van der Waals surface area (Å²) in [6.07, 6.45) is -1.68. The van der Waals surface area contributed by atoms with E-state index in [4.69, 9.17) is 51.6 Å². The van der Waals surface area contributed by atoms with Gasteiger partial charge in [0.25, 0.3) is 0 Å². The summed E-state index contributed by atoms with van der Waals surface area (Å²) in [5.74, 6) is -24.2. The van der Waals surface area contributed by atoms with E-state index in [1.165, 1.54) is 32.5 Å². The number of rotatable bonds is 66. The van der Waals surface area contributed by atoms with Crippen LogP contribution in [0.1, 0.15) is 171 Å². The molecular weight excluding hydrogens is 1790 g/mol. The first-order valence-electron chi connectivity index (χ1n) is 44.2. The van der Waals surface area contributed by atoms with Gasteiger partial charge in [-0.2, -0.15) is 11.8 Å². The number of aliphatic imine (C=N–C) groups is 3. The molecule has 0 bridgehead atoms. The van der Waals surface area contributed by atoms with Crippen LogP contribution in [0.4, 0.5) is 0 Å². The van der Waals surface area contributed by atoms with Crippen LogP contribution in [0.25, 0.3) is 0 Å². The Kier molecular flexibility index (Phi) is 56.4. The summed E-state index contributed by atoms with van der Waals surface area (Å²) in [6, 6.07) is -25.7. The van der Waals surface area contributed by atoms with Crippen molar-refractivity contribution >= 4 is 142 Å². The molecule has 1 aliphatic heterocycles. The number of aliphatic hydroxyl groups excluding tert-OH is 4. The first-order chi connectivity index (χ1) is 63.0. The summed E-state index contributed by atoms with van der Waals surface area (Å²) < 4.78 is 0. The molecule has 760 valence electrons. The molecule has 134 heavy (non-hydrogen) atoms. The van der Waals surface area contributed by atoms with Crippen molar-refractivity contribution in [1.29, 1.82) is 0 Å². The van der Waals surface area contributed by atoms with Gasteiger partial charge in [0.1, 0.15) is 90.6 Å². The molecule has 54 heteroatoms. The van der Waals surface area contributed by atoms with E-state index in [0.717, 1.165) is 11.8 Å². The van der Waals surface area contributed by atoms with Crippen molar-refractivity contribution in [2.45, 2.75) is 274 Å². The zero-order valence-electron chi connectivity index (χ0n) is 77.5. The molecule has 0 spiro atoms. The molecule has 17 amide bonds. The van der Waals surface area contributed by atoms with Crippen LogP contribution in [0.15, 0.2) is 15.0 Å². The largest absolute Gasteiger partial charge is 0.481 e. The number of nitrogens with one attached hydrogen (secondary N) is 15. The van der Waals surface area contributed by atoms with Crippen LogP contribution in [0.5, 0.6) is 0 Å². The number of aliphatic carboxylic acids is 2. The molecule has 39 N–H and O–H groups in total. The van der Waals surface area contributed by atoms with Crippen LogP contribution in [-0.4, -0.2) is 340 Å². The number of amides is 17. The van der Waals surface area contributed by atoms with Gasteiger partial charge < -0.3 is 167 Å². The van der Waals surface area contributed by atoms with Gasteiger partial charge in [0.05, 0.1) is 44.9 Å². The van der Waals surface area contributed by atoms with Crippen LogP contribution in [0, 0.1) is 23.7 Å². The molecule has 0 radical (unpaired) electrons. The van der Waals surface area contributed by atoms with E-state index in [1.807, 2.05) is 0 Å². The van der Waals surface area contributed by atoms with E-state index >= 15 is 0 Å². The lowest BCUT2D eigenvalue weighted by Crippen LogP contribution is -2.62. The second-order valence-corrected chi connectivity index (χ2v) is 33.9. The van der Waals surface area contributed by atoms with Gasteiger partial charge in [0, 0.05) is 32.6 Å². The van der Waals surface area contributed by atoms with Gasteiger partial charge >= 0.3 is 11.9 Å². The second-order valence-electron chi connectivity index (χ2n) is 33.0. The number of carboxylic acid groups (broad SMARTS) is 2. The Labute approximate surface area is 780 Å². The maximum atomic E-state index is 14.6. The normalized spacial score (nSPS) is 16.3. The Balaban J connectivity index is 3.56. The second kappa shape index (κ2) is 63.1. The number of unbranched alkanes of at least 4 members (excludes halogenated alkanes) is 1. The molecule has 0 saturated carbocycles. The standard InChI is InChI=1S/C80H144N28O25S/c1-11-40(7)59(103-55(114)34-93-70(125)53-23-18-31-108(53)76(131)49(33-56(115)116)99-64(119)45(21-16-29-91-79(86)87)95-67(122)51(36-110)101-69(124)50(35-109)100-62(117)43(82)19-15-28-90-78(84)85)74(129)107-61(42(9)112)75(130)97-46(22-17-30-92-80(88)89)63(118)96-47(24-25-54(83)113)66(121)104-57(38(3)4)71(126)102-52(37-111)68(123)94-44(20-13-14-27-81)65(120)105-58(39(5)6)72(127)106-60(41(8)12-2)73(128)98-48(77(132)133)26-32-134-10/h38-53,57-61,109-112H,11-37,81-82H2,1-10H3,(H2,83,113)(H,93,125)(H,94,123)(H,95,122)(H,96,118)(H,97,130)(H,98,128)(H,99,119)(H,100,117)(H,101,124)(H,102,126)(H,103,114)(H,104,121)(H,105,120)(H,106,127)(H,107,129)(H,115,116)(H,132,133)(H4,84,85,90)(H4,86,87,91)(H4,88,89,92)/t40-,41-,42+,43-,44-,45-,46-,47-,48-,49-,50-,51-,52-,53-,57-,58-,59-,60-,61-/m0/s1. The zero-order valence-corrected chi connectivity index (χ0v) is 78.4. The van der Waals surface area contributed by atoms with Gasteiger partial charge in [-0.25, -0.2) is 4.79 Å². The quantitative estimate of drug-likeness (QED) is 0.0153. The highest BCUT2D eigenvalue weighted by atomic mass is 32.2. The molecule has 1 fully saturated rings. The third kappa shape index (κ3) is 44.1. The number of nitrogens with two attached hydrogens (primary N) is 9. The molecule has 1 rings (SSSR count). The smallest absolute Gasteiger partial charge is 0.326 e. The first-order valence-corrected chi connectivity index (χ1v) is 45.6. The van der Waals surface area contributed by atoms with Gasteiger partial charge in [-0.05, 0) is 133 Å². The number of carboxylic acids is 2. The summed E-state index contributed by atoms with van der Waals surface area (Å²) >= 11 is 1.37. The summed E-state index contributed by atoms with van der Waals surface area (Å²) in [7, 11) is 0. The summed E-state index contributed by atoms with van der Waals surface area (Å²) in [5.41, 5.74) is 49.8. The third-order valence-corrected chi connectivity index (χ3v) is 22.1. The predicted octanol–water partition coefficient (Wildman–Crippen LogP) is -12.2. The van der Waals surface area contributed by atoms with Gasteiger partial charge in [-0.1, -0.05) is 68.2 Å². The van der Waals surface area contributed by atoms with Crippen LogP contribution >= 0.6 is 11.8 Å². The highest BCUT2D eigenvalue weighted by Crippen LogP contribution is 2.21. The summed E-state index contributed by atoms with van der Waals surface area (Å²) in [6.45, 7) is 9.39. The fourth-order valence-electron chi connectivity index (χ4n) is 13.3. The van der Waals surface area contributed by atoms with Crippen LogP contribution in [-0.2, 0) is 91.1 Å². The molecule has 53 nitrogen and oxygen atoms in total. The molecule has 1 aliphatic rings. The minimum absolute atomic E-state index is 0.0370. The van der Waals surface area contributed by atoms with E-state index in [-0.39, 0.29) is 128 Å². The number of guanidine groups is 3. The number of hydrogen-bond acceptors (Lipinski definition) is 29. The molecular formula is C80H144N28O25S. The molecule has 0 aromatic carbocycles. The van der Waals surface area contributed by atoms with Crippen LogP contribution in [0.3, 0.4) is 0 Å². The highest BCUT2D eigenvalue weighted by Gasteiger charge is 2.43. The third-order valence-electron chi connectivity index (χ3n) is 21.4. The van der Waals surface area contributed by atoms with Crippen molar-refractivity contribution in [1.82, 2.24) is 84.7 Å². The lowest BCUT2D eigenvalue weighted by atomic mass is 9.96. The minimum Gasteiger partial charge on any atom is -0.481 e. The average molecular weight is 1930 g/mol. The minimum atomic E-state index is -1.96. The molecule has 1 saturated heterocycles. The number of likely N-dealkylation sites (tertiary alicyclic amines) is 1. The van der Waals surface area contributed by atoms with E-state index in [9.17, 15) is 122 Å². The van der Waals surface area contributed by atoms with E-state index < -0.39 is 284 Å². The SMILES string of the molecule is CC[C@H](C)[C@H](NC(=O)CNC(=O)[C@@H]1CCCN1C(=O)[C@H](CC(=O)O)NC(=O)[C@H](CCCN=C(N)N)NC(=O)[C@H](CO)NC(=O)[C@H](CO)NC(=O)[C@@H](N)CCCN=C(N)N)C(=O)N[C@H](C(=O)N[C@@H](CCCN=C(N)N)C(=O)N[C@@H](CCC(N)=O)C(=O)N[C@H](C(=O)N[C@@H](CO)C(=O)N[C@@H](CCCCN)C(=O)N[C@H](C(=O)N[C@H](C(=O)N[C@@H](CCSC)C(=O)O)[C@@H](C)CC)C(C)C)C(C)C)[C@@H](C)O. The Bertz CT molecular complexity index is 4000. The predicted molar refractivity (Wildman–Crippen MR) is 488 cm³/mol. The molecule has 0 aromatic rings. The topological polar surface area (TPSA) is 901 Å². The number of carbonyl (C=O) groups excluding carboxylic acids is 17. The van der Waals surface area contributed by atoms with Gasteiger partial charge in [-0.3, -0.25) is 101 Å². The van der Waals surface area contributed by atoms with Crippen molar-refractivity contribution in [2.24, 2.45) is 90.3 Å². The number of hydrogen-bond donors (Lipinski definition) is 30. The first kappa shape index (κ1) is 120. The molecule has 19 atom stereocenters. The lowest BCUT2D eigenvalue weighted by Gasteiger charge is -2.30. The van der Waals surface area contributed by atoms with Crippen LogP contribution < -0.4 is 131 Å². The molecule has 1 heterocycles. The maximum absolute atomic E-state index is 14.6. The van der Waals surface area contributed by atoms with E-state index in [0.29, 0.717) is 18.6 Å². The van der Waals surface area contributed by atoms with Crippen molar-refractivity contribution in [3.8, 4) is 0 Å². The van der Waals surface area contributed by atoms with E-state index in [1.54, 1.807) is 40.9 Å². The van der Waals surface area contributed by atoms with Crippen LogP contribution in [0.2, 0.25) is 0 Å². The fraction of sp³-hybridized carbons (Fsp3) is 0.725. The summed E-state index contributed by atoms with van der Waals surface area (Å²) in [5, 5.41) is 97.9. The molecule has 0 aromatic heterocycles. The lowest BCUT2D eigenvalue weighted by molar-refractivity contribution is -0.146. The Hall–Kier alpha value is -12.1. The summed E-state index contributed by atoms with van der Waals surface area (Å²) in [4.78, 5) is 274. The zero-order chi connectivity index (χ0) is 102. The Morgan fingerprint density at radius 1 is 0.418 bits per heavy atom. The number of aliphatic hydroxyl groups is 4. The fourth-order valence-corrected chi connectivity index (χ4v) is 13.7. The Morgan fingerprint density at radius 2 is 0.769 bits per heavy atom.